The monoisotopic (exact) mass is 355 g/mol. The maximum atomic E-state index is 12.3. The van der Waals surface area contributed by atoms with Gasteiger partial charge < -0.3 is 20.7 Å². The summed E-state index contributed by atoms with van der Waals surface area (Å²) in [5.74, 6) is 0.465. The fraction of sp³-hybridized carbons (Fsp3) is 0.300. The second-order valence-electron chi connectivity index (χ2n) is 5.71. The van der Waals surface area contributed by atoms with Crippen LogP contribution in [0.5, 0.6) is 5.75 Å². The van der Waals surface area contributed by atoms with Gasteiger partial charge in [-0.1, -0.05) is 25.1 Å². The Morgan fingerprint density at radius 2 is 1.50 bits per heavy atom. The fourth-order valence-corrected chi connectivity index (χ4v) is 2.41. The van der Waals surface area contributed by atoms with Crippen LogP contribution < -0.4 is 20.7 Å². The molecule has 2 amide bonds. The molecule has 2 aromatic carbocycles. The van der Waals surface area contributed by atoms with Gasteiger partial charge in [0.1, 0.15) is 5.75 Å². The molecule has 0 saturated carbocycles. The van der Waals surface area contributed by atoms with Crippen LogP contribution in [0, 0.1) is 6.92 Å². The first kappa shape index (κ1) is 19.3. The van der Waals surface area contributed by atoms with Crippen molar-refractivity contribution in [1.29, 1.82) is 0 Å². The molecule has 0 radical (unpaired) electrons. The van der Waals surface area contributed by atoms with E-state index in [1.165, 1.54) is 0 Å². The average molecular weight is 355 g/mol. The molecule has 3 N–H and O–H groups in total. The standard InChI is InChI=1S/C20H25N3O3/c1-4-19(24)22-15-10-8-11-16(14(15)3)23-20(25)13-21-17-9-6-7-12-18(17)26-5-2/h6-12,21H,4-5,13H2,1-3H3,(H,22,24)(H,23,25). The van der Waals surface area contributed by atoms with Crippen LogP contribution in [0.3, 0.4) is 0 Å². The van der Waals surface area contributed by atoms with E-state index in [9.17, 15) is 9.59 Å². The third-order valence-electron chi connectivity index (χ3n) is 3.83. The van der Waals surface area contributed by atoms with Gasteiger partial charge in [0.2, 0.25) is 11.8 Å². The topological polar surface area (TPSA) is 79.5 Å². The number of ether oxygens (including phenoxy) is 1. The second kappa shape index (κ2) is 9.46. The van der Waals surface area contributed by atoms with Crippen molar-refractivity contribution in [3.05, 3.63) is 48.0 Å². The fourth-order valence-electron chi connectivity index (χ4n) is 2.41. The van der Waals surface area contributed by atoms with E-state index >= 15 is 0 Å². The predicted molar refractivity (Wildman–Crippen MR) is 105 cm³/mol. The average Bonchev–Trinajstić information content (AvgIpc) is 2.64. The lowest BCUT2D eigenvalue weighted by Crippen LogP contribution is -2.22. The molecule has 2 aromatic rings. The molecule has 0 unspecified atom stereocenters. The minimum absolute atomic E-state index is 0.0641. The molecule has 6 heteroatoms. The van der Waals surface area contributed by atoms with Crippen molar-refractivity contribution in [2.45, 2.75) is 27.2 Å². The van der Waals surface area contributed by atoms with Crippen LogP contribution in [0.4, 0.5) is 17.1 Å². The number of hydrogen-bond donors (Lipinski definition) is 3. The van der Waals surface area contributed by atoms with Crippen LogP contribution in [0.1, 0.15) is 25.8 Å². The molecular weight excluding hydrogens is 330 g/mol. The Bertz CT molecular complexity index is 775. The van der Waals surface area contributed by atoms with E-state index in [1.807, 2.05) is 50.2 Å². The highest BCUT2D eigenvalue weighted by atomic mass is 16.5. The van der Waals surface area contributed by atoms with Gasteiger partial charge in [-0.15, -0.1) is 0 Å². The normalized spacial score (nSPS) is 10.1. The maximum absolute atomic E-state index is 12.3. The van der Waals surface area contributed by atoms with E-state index < -0.39 is 0 Å². The van der Waals surface area contributed by atoms with Crippen LogP contribution in [0.25, 0.3) is 0 Å². The molecule has 0 aromatic heterocycles. The van der Waals surface area contributed by atoms with Gasteiger partial charge in [-0.2, -0.15) is 0 Å². The molecule has 26 heavy (non-hydrogen) atoms. The van der Waals surface area contributed by atoms with Crippen LogP contribution >= 0.6 is 0 Å². The summed E-state index contributed by atoms with van der Waals surface area (Å²) < 4.78 is 5.54. The smallest absolute Gasteiger partial charge is 0.243 e. The summed E-state index contributed by atoms with van der Waals surface area (Å²) in [5, 5.41) is 8.79. The maximum Gasteiger partial charge on any atom is 0.243 e. The van der Waals surface area contributed by atoms with Crippen LogP contribution in [0.2, 0.25) is 0 Å². The molecule has 0 saturated heterocycles. The molecule has 2 rings (SSSR count). The number of carbonyl (C=O) groups excluding carboxylic acids is 2. The Balaban J connectivity index is 2.00. The van der Waals surface area contributed by atoms with E-state index in [0.29, 0.717) is 30.2 Å². The largest absolute Gasteiger partial charge is 0.492 e. The first-order chi connectivity index (χ1) is 12.5. The number of rotatable bonds is 8. The second-order valence-corrected chi connectivity index (χ2v) is 5.71. The summed E-state index contributed by atoms with van der Waals surface area (Å²) in [6.07, 6.45) is 0.402. The first-order valence-electron chi connectivity index (χ1n) is 8.70. The Labute approximate surface area is 153 Å². The Morgan fingerprint density at radius 3 is 2.15 bits per heavy atom. The summed E-state index contributed by atoms with van der Waals surface area (Å²) in [6.45, 7) is 6.23. The summed E-state index contributed by atoms with van der Waals surface area (Å²) in [7, 11) is 0. The number of hydrogen-bond acceptors (Lipinski definition) is 4. The highest BCUT2D eigenvalue weighted by Crippen LogP contribution is 2.25. The predicted octanol–water partition coefficient (Wildman–Crippen LogP) is 3.79. The number of nitrogens with one attached hydrogen (secondary N) is 3. The van der Waals surface area contributed by atoms with Crippen molar-refractivity contribution in [3.8, 4) is 5.75 Å². The van der Waals surface area contributed by atoms with Gasteiger partial charge in [-0.05, 0) is 43.7 Å². The molecule has 0 spiro atoms. The quantitative estimate of drug-likeness (QED) is 0.673. The van der Waals surface area contributed by atoms with Crippen LogP contribution in [0.15, 0.2) is 42.5 Å². The summed E-state index contributed by atoms with van der Waals surface area (Å²) in [4.78, 5) is 23.9. The Hall–Kier alpha value is -3.02. The molecule has 0 atom stereocenters. The lowest BCUT2D eigenvalue weighted by atomic mass is 10.1. The van der Waals surface area contributed by atoms with Gasteiger partial charge in [0, 0.05) is 17.8 Å². The molecule has 0 bridgehead atoms. The lowest BCUT2D eigenvalue weighted by Gasteiger charge is -2.15. The van der Waals surface area contributed by atoms with E-state index in [2.05, 4.69) is 16.0 Å². The van der Waals surface area contributed by atoms with Gasteiger partial charge in [0.15, 0.2) is 0 Å². The molecule has 0 aliphatic heterocycles. The highest BCUT2D eigenvalue weighted by molar-refractivity contribution is 5.97. The number of anilines is 3. The van der Waals surface area contributed by atoms with Gasteiger partial charge in [0.25, 0.3) is 0 Å². The zero-order valence-corrected chi connectivity index (χ0v) is 15.4. The highest BCUT2D eigenvalue weighted by Gasteiger charge is 2.10. The van der Waals surface area contributed by atoms with Crippen molar-refractivity contribution >= 4 is 28.9 Å². The van der Waals surface area contributed by atoms with Gasteiger partial charge in [-0.3, -0.25) is 9.59 Å². The van der Waals surface area contributed by atoms with E-state index in [4.69, 9.17) is 4.74 Å². The third-order valence-corrected chi connectivity index (χ3v) is 3.83. The molecule has 6 nitrogen and oxygen atoms in total. The molecule has 0 aliphatic rings. The number of benzene rings is 2. The van der Waals surface area contributed by atoms with Gasteiger partial charge >= 0.3 is 0 Å². The zero-order valence-electron chi connectivity index (χ0n) is 15.4. The van der Waals surface area contributed by atoms with E-state index in [0.717, 1.165) is 11.3 Å². The molecule has 0 heterocycles. The number of para-hydroxylation sites is 2. The van der Waals surface area contributed by atoms with Crippen molar-refractivity contribution < 1.29 is 14.3 Å². The number of amides is 2. The SMILES string of the molecule is CCOc1ccccc1NCC(=O)Nc1cccc(NC(=O)CC)c1C. The van der Waals surface area contributed by atoms with Crippen molar-refractivity contribution in [3.63, 3.8) is 0 Å². The Kier molecular flexibility index (Phi) is 7.02. The van der Waals surface area contributed by atoms with Gasteiger partial charge in [-0.25, -0.2) is 0 Å². The zero-order chi connectivity index (χ0) is 18.9. The molecule has 0 fully saturated rings. The minimum atomic E-state index is -0.182. The number of carbonyl (C=O) groups is 2. The molecular formula is C20H25N3O3. The summed E-state index contributed by atoms with van der Waals surface area (Å²) in [5.41, 5.74) is 2.95. The van der Waals surface area contributed by atoms with Crippen molar-refractivity contribution in [1.82, 2.24) is 0 Å². The van der Waals surface area contributed by atoms with Gasteiger partial charge in [0.05, 0.1) is 18.8 Å². The van der Waals surface area contributed by atoms with E-state index in [1.54, 1.807) is 13.0 Å². The third kappa shape index (κ3) is 5.24. The summed E-state index contributed by atoms with van der Waals surface area (Å²) in [6, 6.07) is 12.9. The van der Waals surface area contributed by atoms with Crippen LogP contribution in [-0.4, -0.2) is 25.0 Å². The Morgan fingerprint density at radius 1 is 0.885 bits per heavy atom. The van der Waals surface area contributed by atoms with E-state index in [-0.39, 0.29) is 18.4 Å². The van der Waals surface area contributed by atoms with Crippen LogP contribution in [-0.2, 0) is 9.59 Å². The van der Waals surface area contributed by atoms with Crippen molar-refractivity contribution in [2.24, 2.45) is 0 Å². The minimum Gasteiger partial charge on any atom is -0.492 e. The lowest BCUT2D eigenvalue weighted by molar-refractivity contribution is -0.116. The molecule has 138 valence electrons. The first-order valence-corrected chi connectivity index (χ1v) is 8.70. The molecule has 0 aliphatic carbocycles. The van der Waals surface area contributed by atoms with Crippen molar-refractivity contribution in [2.75, 3.05) is 29.1 Å². The summed E-state index contributed by atoms with van der Waals surface area (Å²) >= 11 is 0.